The maximum absolute atomic E-state index is 4.48. The Labute approximate surface area is 279 Å². The third kappa shape index (κ3) is 11.5. The predicted octanol–water partition coefficient (Wildman–Crippen LogP) is 14.5. The van der Waals surface area contributed by atoms with E-state index in [2.05, 4.69) is 156 Å². The SMILES string of the molecule is C=C1CC[C@H](C(C)(C)C)C/C1=C/C(/C=C(C)/C(=C/C)C(C)[C@H](CCCC)c1ccc(C(/C=C\C(C)=C\C)=C/CC)cc1)=C(C)C. The number of benzene rings is 1. The Morgan fingerprint density at radius 1 is 0.978 bits per heavy atom. The van der Waals surface area contributed by atoms with E-state index in [0.29, 0.717) is 23.2 Å². The van der Waals surface area contributed by atoms with Crippen molar-refractivity contribution >= 4 is 5.57 Å². The topological polar surface area (TPSA) is 0 Å². The Balaban J connectivity index is 2.44. The molecule has 0 spiro atoms. The lowest BCUT2D eigenvalue weighted by atomic mass is 9.69. The van der Waals surface area contributed by atoms with E-state index in [4.69, 9.17) is 0 Å². The fourth-order valence-corrected chi connectivity index (χ4v) is 6.69. The van der Waals surface area contributed by atoms with Crippen LogP contribution in [0.15, 0.2) is 112 Å². The average Bonchev–Trinajstić information content (AvgIpc) is 3.00. The molecule has 1 saturated carbocycles. The molecule has 0 nitrogen and oxygen atoms in total. The van der Waals surface area contributed by atoms with Crippen molar-refractivity contribution in [3.63, 3.8) is 0 Å². The molecule has 1 aliphatic carbocycles. The van der Waals surface area contributed by atoms with Crippen molar-refractivity contribution in [1.29, 1.82) is 0 Å². The maximum Gasteiger partial charge on any atom is -0.00958 e. The Morgan fingerprint density at radius 3 is 2.18 bits per heavy atom. The first kappa shape index (κ1) is 38.3. The van der Waals surface area contributed by atoms with Crippen LogP contribution >= 0.6 is 0 Å². The van der Waals surface area contributed by atoms with Crippen LogP contribution in [0.5, 0.6) is 0 Å². The minimum atomic E-state index is 0.325. The summed E-state index contributed by atoms with van der Waals surface area (Å²) in [5.74, 6) is 1.61. The van der Waals surface area contributed by atoms with Gasteiger partial charge in [0.05, 0.1) is 0 Å². The third-order valence-electron chi connectivity index (χ3n) is 10.0. The number of rotatable bonds is 13. The summed E-state index contributed by atoms with van der Waals surface area (Å²) in [6.45, 7) is 31.9. The Hall–Kier alpha value is -2.86. The molecule has 0 heterocycles. The van der Waals surface area contributed by atoms with Gasteiger partial charge in [0.25, 0.3) is 0 Å². The first-order valence-electron chi connectivity index (χ1n) is 17.8. The van der Waals surface area contributed by atoms with Crippen LogP contribution in [0, 0.1) is 17.3 Å². The zero-order valence-corrected chi connectivity index (χ0v) is 31.2. The second kappa shape index (κ2) is 18.3. The van der Waals surface area contributed by atoms with E-state index in [0.717, 1.165) is 19.3 Å². The quantitative estimate of drug-likeness (QED) is 0.196. The molecule has 0 aliphatic heterocycles. The van der Waals surface area contributed by atoms with Gasteiger partial charge in [-0.05, 0) is 136 Å². The number of unbranched alkanes of at least 4 members (excludes halogenated alkanes) is 1. The number of hydrogen-bond acceptors (Lipinski definition) is 0. The number of hydrogen-bond donors (Lipinski definition) is 0. The van der Waals surface area contributed by atoms with E-state index in [1.54, 1.807) is 0 Å². The lowest BCUT2D eigenvalue weighted by Gasteiger charge is -2.36. The van der Waals surface area contributed by atoms with Crippen LogP contribution in [-0.2, 0) is 0 Å². The monoisotopic (exact) mass is 607 g/mol. The highest BCUT2D eigenvalue weighted by Gasteiger charge is 2.29. The molecule has 0 amide bonds. The average molecular weight is 607 g/mol. The van der Waals surface area contributed by atoms with Gasteiger partial charge < -0.3 is 0 Å². The fourth-order valence-electron chi connectivity index (χ4n) is 6.69. The molecular formula is C45H66. The van der Waals surface area contributed by atoms with Crippen LogP contribution in [0.25, 0.3) is 5.57 Å². The normalized spacial score (nSPS) is 19.8. The van der Waals surface area contributed by atoms with Crippen molar-refractivity contribution in [3.8, 4) is 0 Å². The Morgan fingerprint density at radius 2 is 1.64 bits per heavy atom. The van der Waals surface area contributed by atoms with Crippen LogP contribution < -0.4 is 0 Å². The molecule has 0 radical (unpaired) electrons. The van der Waals surface area contributed by atoms with Gasteiger partial charge in [-0.2, -0.15) is 0 Å². The second-order valence-electron chi connectivity index (χ2n) is 14.7. The summed E-state index contributed by atoms with van der Waals surface area (Å²) < 4.78 is 0. The zero-order valence-electron chi connectivity index (χ0n) is 31.2. The van der Waals surface area contributed by atoms with Crippen LogP contribution in [0.2, 0.25) is 0 Å². The molecule has 1 unspecified atom stereocenters. The standard InChI is InChI=1S/C45H66/c1-14-18-20-44(39-26-24-38(25-27-39)37(19-15-2)23-21-33(7)16-3)36(10)43(17-4)35(9)29-40(32(5)6)30-41-31-42(45(11,12)13)28-22-34(41)8/h16-17,19,21,23-27,29-30,36,42,44H,8,14-15,18,20,22,28,31H2,1-7,9-13H3/b23-21-,33-16+,35-29+,37-19+,41-30-,43-17-/t36?,42-,44-/m0/s1. The molecule has 0 N–H and O–H groups in total. The second-order valence-corrected chi connectivity index (χ2v) is 14.7. The van der Waals surface area contributed by atoms with Crippen LogP contribution in [-0.4, -0.2) is 0 Å². The van der Waals surface area contributed by atoms with Crippen molar-refractivity contribution in [1.82, 2.24) is 0 Å². The molecule has 3 atom stereocenters. The molecule has 2 rings (SSSR count). The van der Waals surface area contributed by atoms with Crippen LogP contribution in [0.1, 0.15) is 145 Å². The van der Waals surface area contributed by atoms with Crippen molar-refractivity contribution < 1.29 is 0 Å². The molecule has 45 heavy (non-hydrogen) atoms. The molecule has 1 aliphatic rings. The first-order valence-corrected chi connectivity index (χ1v) is 17.8. The third-order valence-corrected chi connectivity index (χ3v) is 10.0. The van der Waals surface area contributed by atoms with Gasteiger partial charge in [-0.3, -0.25) is 0 Å². The van der Waals surface area contributed by atoms with Gasteiger partial charge in [-0.25, -0.2) is 0 Å². The lowest BCUT2D eigenvalue weighted by molar-refractivity contribution is 0.215. The maximum atomic E-state index is 4.48. The van der Waals surface area contributed by atoms with Crippen LogP contribution in [0.3, 0.4) is 0 Å². The van der Waals surface area contributed by atoms with Gasteiger partial charge in [0.2, 0.25) is 0 Å². The molecular weight excluding hydrogens is 540 g/mol. The molecule has 1 fully saturated rings. The summed E-state index contributed by atoms with van der Waals surface area (Å²) in [5, 5.41) is 0. The minimum Gasteiger partial charge on any atom is -0.0956 e. The molecule has 1 aromatic rings. The van der Waals surface area contributed by atoms with Gasteiger partial charge in [-0.1, -0.05) is 144 Å². The minimum absolute atomic E-state index is 0.325. The van der Waals surface area contributed by atoms with Gasteiger partial charge in [0.1, 0.15) is 0 Å². The molecule has 1 aromatic carbocycles. The highest BCUT2D eigenvalue weighted by atomic mass is 14.3. The molecule has 0 saturated heterocycles. The molecule has 0 heteroatoms. The zero-order chi connectivity index (χ0) is 33.7. The van der Waals surface area contributed by atoms with Crippen molar-refractivity contribution in [2.45, 2.75) is 134 Å². The van der Waals surface area contributed by atoms with Crippen molar-refractivity contribution in [2.75, 3.05) is 0 Å². The molecule has 0 bridgehead atoms. The van der Waals surface area contributed by atoms with Gasteiger partial charge >= 0.3 is 0 Å². The highest BCUT2D eigenvalue weighted by Crippen LogP contribution is 2.43. The molecule has 0 aromatic heterocycles. The van der Waals surface area contributed by atoms with E-state index in [1.165, 1.54) is 81.4 Å². The Kier molecular flexibility index (Phi) is 15.6. The van der Waals surface area contributed by atoms with E-state index >= 15 is 0 Å². The predicted molar refractivity (Wildman–Crippen MR) is 205 cm³/mol. The van der Waals surface area contributed by atoms with E-state index in [9.17, 15) is 0 Å². The molecule has 246 valence electrons. The Bertz CT molecular complexity index is 1330. The smallest absolute Gasteiger partial charge is 0.00958 e. The first-order chi connectivity index (χ1) is 21.3. The van der Waals surface area contributed by atoms with E-state index in [1.807, 2.05) is 0 Å². The van der Waals surface area contributed by atoms with Crippen molar-refractivity contribution in [2.24, 2.45) is 17.3 Å². The summed E-state index contributed by atoms with van der Waals surface area (Å²) in [4.78, 5) is 0. The van der Waals surface area contributed by atoms with E-state index < -0.39 is 0 Å². The van der Waals surface area contributed by atoms with Gasteiger partial charge in [-0.15, -0.1) is 0 Å². The van der Waals surface area contributed by atoms with E-state index in [-0.39, 0.29) is 0 Å². The summed E-state index contributed by atoms with van der Waals surface area (Å²) in [6.07, 6.45) is 24.4. The highest BCUT2D eigenvalue weighted by molar-refractivity contribution is 5.74. The lowest BCUT2D eigenvalue weighted by Crippen LogP contribution is -2.24. The summed E-state index contributed by atoms with van der Waals surface area (Å²) >= 11 is 0. The number of allylic oxidation sites excluding steroid dienone is 15. The summed E-state index contributed by atoms with van der Waals surface area (Å²) in [5.41, 5.74) is 14.0. The van der Waals surface area contributed by atoms with Gasteiger partial charge in [0, 0.05) is 0 Å². The summed E-state index contributed by atoms with van der Waals surface area (Å²) in [7, 11) is 0. The fraction of sp³-hybridized carbons (Fsp3) is 0.511. The van der Waals surface area contributed by atoms with Crippen molar-refractivity contribution in [3.05, 3.63) is 124 Å². The van der Waals surface area contributed by atoms with Gasteiger partial charge in [0.15, 0.2) is 0 Å². The summed E-state index contributed by atoms with van der Waals surface area (Å²) in [6, 6.07) is 9.46. The largest absolute Gasteiger partial charge is 0.0956 e. The van der Waals surface area contributed by atoms with Crippen LogP contribution in [0.4, 0.5) is 0 Å².